The van der Waals surface area contributed by atoms with Gasteiger partial charge in [-0.1, -0.05) is 0 Å². The van der Waals surface area contributed by atoms with E-state index in [1.807, 2.05) is 13.8 Å². The number of aliphatic hydroxyl groups is 1. The van der Waals surface area contributed by atoms with Gasteiger partial charge in [-0.25, -0.2) is 0 Å². The molecule has 0 aromatic rings. The second kappa shape index (κ2) is 7.56. The number of rotatable bonds is 7. The van der Waals surface area contributed by atoms with Crippen molar-refractivity contribution in [1.29, 1.82) is 0 Å². The molecule has 1 fully saturated rings. The Kier molecular flexibility index (Phi) is 6.63. The molecule has 5 nitrogen and oxygen atoms in total. The average molecular weight is 302 g/mol. The molecule has 124 valence electrons. The van der Waals surface area contributed by atoms with E-state index in [0.29, 0.717) is 13.2 Å². The molecule has 1 aliphatic rings. The van der Waals surface area contributed by atoms with E-state index in [9.17, 15) is 9.90 Å². The van der Waals surface area contributed by atoms with Crippen molar-refractivity contribution in [3.8, 4) is 0 Å². The van der Waals surface area contributed by atoms with Gasteiger partial charge >= 0.3 is 5.97 Å². The Hall–Kier alpha value is -0.650. The first-order valence-corrected chi connectivity index (χ1v) is 7.93. The van der Waals surface area contributed by atoms with E-state index in [1.165, 1.54) is 4.90 Å². The third-order valence-corrected chi connectivity index (χ3v) is 4.16. The third-order valence-electron chi connectivity index (χ3n) is 4.16. The second-order valence-electron chi connectivity index (χ2n) is 7.36. The topological polar surface area (TPSA) is 60.2 Å². The maximum Gasteiger partial charge on any atom is 0.308 e. The summed E-state index contributed by atoms with van der Waals surface area (Å²) in [5.41, 5.74) is -1.25. The lowest BCUT2D eigenvalue weighted by Gasteiger charge is -2.42. The Bertz CT molecular complexity index is 339. The van der Waals surface area contributed by atoms with Crippen LogP contribution < -0.4 is 4.90 Å². The van der Waals surface area contributed by atoms with E-state index in [2.05, 4.69) is 14.1 Å². The van der Waals surface area contributed by atoms with E-state index in [0.717, 1.165) is 25.8 Å². The van der Waals surface area contributed by atoms with Crippen LogP contribution in [0, 0.1) is 5.92 Å². The molecule has 1 aliphatic heterocycles. The summed E-state index contributed by atoms with van der Waals surface area (Å²) in [6, 6.07) is 0. The zero-order chi connectivity index (χ0) is 16.1. The van der Waals surface area contributed by atoms with Gasteiger partial charge in [0.15, 0.2) is 0 Å². The molecule has 0 radical (unpaired) electrons. The van der Waals surface area contributed by atoms with Crippen molar-refractivity contribution in [3.05, 3.63) is 0 Å². The Morgan fingerprint density at radius 1 is 1.48 bits per heavy atom. The molecule has 21 heavy (non-hydrogen) atoms. The zero-order valence-electron chi connectivity index (χ0n) is 14.2. The SMILES string of the molecule is C[NH+](C)CCCOC(=O)C[C@](C)(O)[C@H]1CCOC(C)(C)C1. The predicted molar refractivity (Wildman–Crippen MR) is 81.2 cm³/mol. The van der Waals surface area contributed by atoms with Gasteiger partial charge in [-0.3, -0.25) is 4.79 Å². The first-order chi connectivity index (χ1) is 9.62. The average Bonchev–Trinajstić information content (AvgIpc) is 2.32. The summed E-state index contributed by atoms with van der Waals surface area (Å²) in [6.45, 7) is 7.82. The van der Waals surface area contributed by atoms with Gasteiger partial charge < -0.3 is 19.5 Å². The maximum atomic E-state index is 11.9. The Balaban J connectivity index is 2.38. The van der Waals surface area contributed by atoms with E-state index in [-0.39, 0.29) is 23.9 Å². The number of ether oxygens (including phenoxy) is 2. The van der Waals surface area contributed by atoms with E-state index in [1.54, 1.807) is 6.92 Å². The summed E-state index contributed by atoms with van der Waals surface area (Å²) < 4.78 is 10.9. The number of hydrogen-bond donors (Lipinski definition) is 2. The third kappa shape index (κ3) is 6.76. The minimum Gasteiger partial charge on any atom is -0.465 e. The van der Waals surface area contributed by atoms with Gasteiger partial charge in [-0.05, 0) is 39.5 Å². The summed E-state index contributed by atoms with van der Waals surface area (Å²) >= 11 is 0. The summed E-state index contributed by atoms with van der Waals surface area (Å²) in [4.78, 5) is 13.2. The van der Waals surface area contributed by atoms with Crippen LogP contribution in [0.5, 0.6) is 0 Å². The largest absolute Gasteiger partial charge is 0.465 e. The van der Waals surface area contributed by atoms with E-state index in [4.69, 9.17) is 9.47 Å². The maximum absolute atomic E-state index is 11.9. The number of hydrogen-bond acceptors (Lipinski definition) is 4. The molecule has 0 amide bonds. The van der Waals surface area contributed by atoms with Crippen molar-refractivity contribution in [2.24, 2.45) is 5.92 Å². The highest BCUT2D eigenvalue weighted by molar-refractivity contribution is 5.70. The smallest absolute Gasteiger partial charge is 0.308 e. The van der Waals surface area contributed by atoms with Gasteiger partial charge in [-0.15, -0.1) is 0 Å². The highest BCUT2D eigenvalue weighted by Gasteiger charge is 2.40. The fourth-order valence-electron chi connectivity index (χ4n) is 2.86. The minimum atomic E-state index is -1.02. The Labute approximate surface area is 128 Å². The normalized spacial score (nSPS) is 24.6. The first-order valence-electron chi connectivity index (χ1n) is 7.93. The number of esters is 1. The van der Waals surface area contributed by atoms with Crippen LogP contribution in [0.1, 0.15) is 46.5 Å². The molecule has 0 bridgehead atoms. The summed E-state index contributed by atoms with van der Waals surface area (Å²) in [6.07, 6.45) is 2.45. The molecule has 0 aromatic carbocycles. The highest BCUT2D eigenvalue weighted by Crippen LogP contribution is 2.37. The predicted octanol–water partition coefficient (Wildman–Crippen LogP) is 0.411. The van der Waals surface area contributed by atoms with Crippen LogP contribution in [0.15, 0.2) is 0 Å². The number of nitrogens with one attached hydrogen (secondary N) is 1. The van der Waals surface area contributed by atoms with Gasteiger partial charge in [0, 0.05) is 13.0 Å². The van der Waals surface area contributed by atoms with Gasteiger partial charge in [0.2, 0.25) is 0 Å². The highest BCUT2D eigenvalue weighted by atomic mass is 16.5. The van der Waals surface area contributed by atoms with Gasteiger partial charge in [0.25, 0.3) is 0 Å². The summed E-state index contributed by atoms with van der Waals surface area (Å²) in [5, 5.41) is 10.6. The molecule has 0 unspecified atom stereocenters. The molecule has 2 N–H and O–H groups in total. The van der Waals surface area contributed by atoms with Gasteiger partial charge in [0.1, 0.15) is 0 Å². The monoisotopic (exact) mass is 302 g/mol. The van der Waals surface area contributed by atoms with Gasteiger partial charge in [-0.2, -0.15) is 0 Å². The van der Waals surface area contributed by atoms with Crippen molar-refractivity contribution >= 4 is 5.97 Å². The van der Waals surface area contributed by atoms with Crippen LogP contribution in [0.2, 0.25) is 0 Å². The van der Waals surface area contributed by atoms with Crippen molar-refractivity contribution in [1.82, 2.24) is 0 Å². The zero-order valence-corrected chi connectivity index (χ0v) is 14.2. The summed E-state index contributed by atoms with van der Waals surface area (Å²) in [7, 11) is 4.14. The number of carbonyl (C=O) groups is 1. The quantitative estimate of drug-likeness (QED) is 0.528. The van der Waals surface area contributed by atoms with Crippen molar-refractivity contribution < 1.29 is 24.3 Å². The van der Waals surface area contributed by atoms with Crippen LogP contribution >= 0.6 is 0 Å². The lowest BCUT2D eigenvalue weighted by molar-refractivity contribution is -0.858. The van der Waals surface area contributed by atoms with Crippen molar-refractivity contribution in [2.45, 2.75) is 57.7 Å². The molecule has 5 heteroatoms. The van der Waals surface area contributed by atoms with E-state index < -0.39 is 5.60 Å². The van der Waals surface area contributed by atoms with E-state index >= 15 is 0 Å². The second-order valence-corrected chi connectivity index (χ2v) is 7.36. The molecule has 0 aliphatic carbocycles. The summed E-state index contributed by atoms with van der Waals surface area (Å²) in [5.74, 6) is -0.238. The molecular weight excluding hydrogens is 270 g/mol. The van der Waals surface area contributed by atoms with Crippen molar-refractivity contribution in [3.63, 3.8) is 0 Å². The minimum absolute atomic E-state index is 0.0581. The van der Waals surface area contributed by atoms with Crippen LogP contribution in [0.3, 0.4) is 0 Å². The van der Waals surface area contributed by atoms with Gasteiger partial charge in [0.05, 0.1) is 44.9 Å². The Morgan fingerprint density at radius 3 is 2.71 bits per heavy atom. The molecule has 1 heterocycles. The molecule has 0 spiro atoms. The number of quaternary nitrogens is 1. The molecule has 1 rings (SSSR count). The standard InChI is InChI=1S/C16H31NO4/c1-15(2)11-13(7-10-21-15)16(3,19)12-14(18)20-9-6-8-17(4)5/h13,19H,6-12H2,1-5H3/p+1/t13-,16-/m0/s1. The van der Waals surface area contributed by atoms with Crippen molar-refractivity contribution in [2.75, 3.05) is 33.9 Å². The molecule has 0 saturated carbocycles. The molecule has 2 atom stereocenters. The van der Waals surface area contributed by atoms with Crippen LogP contribution in [0.25, 0.3) is 0 Å². The van der Waals surface area contributed by atoms with Crippen LogP contribution in [-0.4, -0.2) is 56.1 Å². The molecule has 0 aromatic heterocycles. The van der Waals surface area contributed by atoms with Crippen LogP contribution in [0.4, 0.5) is 0 Å². The fraction of sp³-hybridized carbons (Fsp3) is 0.938. The fourth-order valence-corrected chi connectivity index (χ4v) is 2.86. The molecule has 1 saturated heterocycles. The lowest BCUT2D eigenvalue weighted by atomic mass is 9.76. The lowest BCUT2D eigenvalue weighted by Crippen LogP contribution is -3.05. The Morgan fingerprint density at radius 2 is 2.14 bits per heavy atom. The molecular formula is C16H32NO4+. The number of carbonyl (C=O) groups excluding carboxylic acids is 1. The van der Waals surface area contributed by atoms with Crippen LogP contribution in [-0.2, 0) is 14.3 Å². The first kappa shape index (κ1) is 18.4.